The second-order valence-corrected chi connectivity index (χ2v) is 3.89. The van der Waals surface area contributed by atoms with Crippen molar-refractivity contribution in [3.63, 3.8) is 0 Å². The predicted molar refractivity (Wildman–Crippen MR) is 57.8 cm³/mol. The molecule has 0 aromatic heterocycles. The number of oxime groups is 1. The van der Waals surface area contributed by atoms with Crippen molar-refractivity contribution in [1.82, 2.24) is 0 Å². The van der Waals surface area contributed by atoms with E-state index in [-0.39, 0.29) is 0 Å². The van der Waals surface area contributed by atoms with Gasteiger partial charge in [-0.3, -0.25) is 0 Å². The van der Waals surface area contributed by atoms with Crippen LogP contribution in [0.2, 0.25) is 0 Å². The Morgan fingerprint density at radius 2 is 1.79 bits per heavy atom. The predicted octanol–water partition coefficient (Wildman–Crippen LogP) is 2.74. The van der Waals surface area contributed by atoms with Gasteiger partial charge < -0.3 is 4.84 Å². The van der Waals surface area contributed by atoms with Gasteiger partial charge in [0.1, 0.15) is 6.61 Å². The molecule has 74 valence electrons. The van der Waals surface area contributed by atoms with Crippen molar-refractivity contribution in [3.8, 4) is 0 Å². The van der Waals surface area contributed by atoms with E-state index in [1.807, 2.05) is 0 Å². The highest BCUT2D eigenvalue weighted by molar-refractivity contribution is 6.03. The Kier molecular flexibility index (Phi) is 2.28. The van der Waals surface area contributed by atoms with Gasteiger partial charge in [0.05, 0.1) is 5.71 Å². The standard InChI is InChI=1S/C12H15NO/c1-8-6-9(2)12(10(3)7-8)11-4-5-14-13-11/h6-7H,4-5H2,1-3H3. The number of aryl methyl sites for hydroxylation is 3. The molecule has 1 aromatic carbocycles. The molecule has 1 heterocycles. The summed E-state index contributed by atoms with van der Waals surface area (Å²) in [6.07, 6.45) is 0.935. The summed E-state index contributed by atoms with van der Waals surface area (Å²) in [7, 11) is 0. The SMILES string of the molecule is Cc1cc(C)c(C2=NOCC2)c(C)c1. The molecule has 1 aliphatic rings. The van der Waals surface area contributed by atoms with E-state index in [1.165, 1.54) is 22.3 Å². The third-order valence-corrected chi connectivity index (χ3v) is 2.57. The molecule has 0 saturated heterocycles. The van der Waals surface area contributed by atoms with E-state index >= 15 is 0 Å². The molecular weight excluding hydrogens is 174 g/mol. The Morgan fingerprint density at radius 3 is 2.29 bits per heavy atom. The van der Waals surface area contributed by atoms with Gasteiger partial charge >= 0.3 is 0 Å². The zero-order valence-corrected chi connectivity index (χ0v) is 8.92. The second kappa shape index (κ2) is 3.45. The van der Waals surface area contributed by atoms with E-state index in [0.29, 0.717) is 0 Å². The second-order valence-electron chi connectivity index (χ2n) is 3.89. The van der Waals surface area contributed by atoms with Crippen LogP contribution in [0.15, 0.2) is 17.3 Å². The van der Waals surface area contributed by atoms with Crippen LogP contribution >= 0.6 is 0 Å². The number of benzene rings is 1. The molecule has 0 bridgehead atoms. The lowest BCUT2D eigenvalue weighted by molar-refractivity contribution is 0.174. The molecule has 1 aliphatic heterocycles. The van der Waals surface area contributed by atoms with E-state index in [0.717, 1.165) is 18.7 Å². The summed E-state index contributed by atoms with van der Waals surface area (Å²) in [4.78, 5) is 5.04. The van der Waals surface area contributed by atoms with Gasteiger partial charge in [-0.1, -0.05) is 22.9 Å². The highest BCUT2D eigenvalue weighted by atomic mass is 16.6. The van der Waals surface area contributed by atoms with Crippen LogP contribution in [0.25, 0.3) is 0 Å². The third kappa shape index (κ3) is 1.52. The first-order chi connectivity index (χ1) is 6.68. The zero-order valence-electron chi connectivity index (χ0n) is 8.92. The van der Waals surface area contributed by atoms with E-state index in [2.05, 4.69) is 38.1 Å². The zero-order chi connectivity index (χ0) is 10.1. The normalized spacial score (nSPS) is 15.2. The molecule has 0 spiro atoms. The highest BCUT2D eigenvalue weighted by Crippen LogP contribution is 2.20. The van der Waals surface area contributed by atoms with Crippen LogP contribution in [0, 0.1) is 20.8 Å². The minimum Gasteiger partial charge on any atom is -0.395 e. The fourth-order valence-corrected chi connectivity index (χ4v) is 2.12. The van der Waals surface area contributed by atoms with E-state index < -0.39 is 0 Å². The topological polar surface area (TPSA) is 21.6 Å². The summed E-state index contributed by atoms with van der Waals surface area (Å²) in [6, 6.07) is 4.40. The smallest absolute Gasteiger partial charge is 0.122 e. The maximum atomic E-state index is 5.04. The number of hydrogen-bond donors (Lipinski definition) is 0. The summed E-state index contributed by atoms with van der Waals surface area (Å²) in [5.41, 5.74) is 6.27. The van der Waals surface area contributed by atoms with Gasteiger partial charge in [0.15, 0.2) is 0 Å². The maximum absolute atomic E-state index is 5.04. The molecule has 0 N–H and O–H groups in total. The van der Waals surface area contributed by atoms with Gasteiger partial charge in [-0.25, -0.2) is 0 Å². The highest BCUT2D eigenvalue weighted by Gasteiger charge is 2.15. The lowest BCUT2D eigenvalue weighted by Gasteiger charge is -2.09. The minimum absolute atomic E-state index is 0.724. The third-order valence-electron chi connectivity index (χ3n) is 2.57. The van der Waals surface area contributed by atoms with Crippen molar-refractivity contribution in [1.29, 1.82) is 0 Å². The summed E-state index contributed by atoms with van der Waals surface area (Å²) in [5, 5.41) is 4.07. The Hall–Kier alpha value is -1.31. The van der Waals surface area contributed by atoms with Crippen LogP contribution in [-0.4, -0.2) is 12.3 Å². The molecule has 0 fully saturated rings. The first kappa shape index (κ1) is 9.25. The van der Waals surface area contributed by atoms with Crippen molar-refractivity contribution in [3.05, 3.63) is 34.4 Å². The average Bonchev–Trinajstić information content (AvgIpc) is 2.54. The van der Waals surface area contributed by atoms with E-state index in [9.17, 15) is 0 Å². The van der Waals surface area contributed by atoms with Crippen molar-refractivity contribution < 1.29 is 4.84 Å². The van der Waals surface area contributed by atoms with E-state index in [1.54, 1.807) is 0 Å². The van der Waals surface area contributed by atoms with E-state index in [4.69, 9.17) is 4.84 Å². The van der Waals surface area contributed by atoms with Crippen LogP contribution in [0.4, 0.5) is 0 Å². The van der Waals surface area contributed by atoms with Gasteiger partial charge in [-0.2, -0.15) is 0 Å². The summed E-state index contributed by atoms with van der Waals surface area (Å²) >= 11 is 0. The molecule has 0 amide bonds. The number of rotatable bonds is 1. The minimum atomic E-state index is 0.724. The molecule has 1 aromatic rings. The first-order valence-electron chi connectivity index (χ1n) is 4.95. The molecule has 2 nitrogen and oxygen atoms in total. The first-order valence-corrected chi connectivity index (χ1v) is 4.95. The molecule has 2 rings (SSSR count). The van der Waals surface area contributed by atoms with Crippen LogP contribution < -0.4 is 0 Å². The maximum Gasteiger partial charge on any atom is 0.122 e. The Bertz CT molecular complexity index is 370. The van der Waals surface area contributed by atoms with Gasteiger partial charge in [0.2, 0.25) is 0 Å². The van der Waals surface area contributed by atoms with Crippen molar-refractivity contribution in [2.75, 3.05) is 6.61 Å². The molecule has 0 aliphatic carbocycles. The number of nitrogens with zero attached hydrogens (tertiary/aromatic N) is 1. The molecule has 0 radical (unpaired) electrons. The Morgan fingerprint density at radius 1 is 1.14 bits per heavy atom. The van der Waals surface area contributed by atoms with Gasteiger partial charge in [-0.15, -0.1) is 0 Å². The lowest BCUT2D eigenvalue weighted by atomic mass is 9.95. The summed E-state index contributed by atoms with van der Waals surface area (Å²) in [6.45, 7) is 7.12. The van der Waals surface area contributed by atoms with Gasteiger partial charge in [0.25, 0.3) is 0 Å². The molecule has 0 unspecified atom stereocenters. The largest absolute Gasteiger partial charge is 0.395 e. The van der Waals surface area contributed by atoms with Crippen LogP contribution in [0.3, 0.4) is 0 Å². The van der Waals surface area contributed by atoms with Crippen LogP contribution in [0.5, 0.6) is 0 Å². The van der Waals surface area contributed by atoms with Crippen molar-refractivity contribution in [2.45, 2.75) is 27.2 Å². The summed E-state index contributed by atoms with van der Waals surface area (Å²) in [5.74, 6) is 0. The molecule has 14 heavy (non-hydrogen) atoms. The quantitative estimate of drug-likeness (QED) is 0.665. The lowest BCUT2D eigenvalue weighted by Crippen LogP contribution is -2.03. The fourth-order valence-electron chi connectivity index (χ4n) is 2.12. The fraction of sp³-hybridized carbons (Fsp3) is 0.417. The summed E-state index contributed by atoms with van der Waals surface area (Å²) < 4.78 is 0. The van der Waals surface area contributed by atoms with Crippen LogP contribution in [-0.2, 0) is 4.84 Å². The molecule has 2 heteroatoms. The Balaban J connectivity index is 2.52. The van der Waals surface area contributed by atoms with Crippen molar-refractivity contribution in [2.24, 2.45) is 5.16 Å². The van der Waals surface area contributed by atoms with Gasteiger partial charge in [0, 0.05) is 12.0 Å². The number of hydrogen-bond acceptors (Lipinski definition) is 2. The van der Waals surface area contributed by atoms with Gasteiger partial charge in [-0.05, 0) is 31.9 Å². The Labute approximate surface area is 84.6 Å². The van der Waals surface area contributed by atoms with Crippen molar-refractivity contribution >= 4 is 5.71 Å². The monoisotopic (exact) mass is 189 g/mol. The molecule has 0 saturated carbocycles. The average molecular weight is 189 g/mol. The van der Waals surface area contributed by atoms with Crippen LogP contribution in [0.1, 0.15) is 28.7 Å². The molecule has 0 atom stereocenters. The molecular formula is C12H15NO.